The van der Waals surface area contributed by atoms with Gasteiger partial charge in [-0.05, 0) is 19.8 Å². The number of rotatable bonds is 4. The third kappa shape index (κ3) is 6.36. The van der Waals surface area contributed by atoms with E-state index in [-0.39, 0.29) is 30.1 Å². The molecule has 1 aromatic rings. The van der Waals surface area contributed by atoms with Gasteiger partial charge in [0.1, 0.15) is 0 Å². The highest BCUT2D eigenvalue weighted by molar-refractivity contribution is 14.0. The van der Waals surface area contributed by atoms with Crippen LogP contribution in [0.15, 0.2) is 10.4 Å². The number of hydrogen-bond donors (Lipinski definition) is 2. The fourth-order valence-corrected chi connectivity index (χ4v) is 3.11. The largest absolute Gasteiger partial charge is 0.434 e. The highest BCUT2D eigenvalue weighted by Gasteiger charge is 2.33. The lowest BCUT2D eigenvalue weighted by atomic mass is 10.1. The zero-order valence-corrected chi connectivity index (χ0v) is 16.5. The second-order valence-electron chi connectivity index (χ2n) is 5.33. The summed E-state index contributed by atoms with van der Waals surface area (Å²) in [7, 11) is 0. The summed E-state index contributed by atoms with van der Waals surface area (Å²) in [5.74, 6) is 0.743. The van der Waals surface area contributed by atoms with Gasteiger partial charge < -0.3 is 15.3 Å². The van der Waals surface area contributed by atoms with Gasteiger partial charge in [-0.3, -0.25) is 4.99 Å². The van der Waals surface area contributed by atoms with Gasteiger partial charge in [0.05, 0.1) is 11.1 Å². The van der Waals surface area contributed by atoms with Crippen molar-refractivity contribution in [1.29, 1.82) is 0 Å². The third-order valence-corrected chi connectivity index (χ3v) is 4.44. The van der Waals surface area contributed by atoms with Crippen molar-refractivity contribution in [1.82, 2.24) is 15.2 Å². The Kier molecular flexibility index (Phi) is 8.71. The number of thiazole rings is 1. The van der Waals surface area contributed by atoms with Gasteiger partial charge in [0.25, 0.3) is 0 Å². The van der Waals surface area contributed by atoms with Crippen molar-refractivity contribution >= 4 is 41.3 Å². The standard InChI is InChI=1S/C14H21F3N4OS.HI/c1-2-18-13(21-7-4-10(22)5-8-21)19-6-3-12-20-11(9-23-12)14(15,16)17;/h9-10,22H,2-8H2,1H3,(H,18,19);1H. The van der Waals surface area contributed by atoms with Crippen molar-refractivity contribution in [3.63, 3.8) is 0 Å². The Labute approximate surface area is 160 Å². The highest BCUT2D eigenvalue weighted by Crippen LogP contribution is 2.30. The number of nitrogens with one attached hydrogen (secondary N) is 1. The first-order chi connectivity index (χ1) is 10.9. The maximum atomic E-state index is 12.5. The van der Waals surface area contributed by atoms with Gasteiger partial charge in [-0.1, -0.05) is 0 Å². The molecule has 1 fully saturated rings. The summed E-state index contributed by atoms with van der Waals surface area (Å²) in [5.41, 5.74) is -0.835. The average molecular weight is 478 g/mol. The van der Waals surface area contributed by atoms with Crippen molar-refractivity contribution in [2.24, 2.45) is 4.99 Å². The molecule has 1 aliphatic rings. The molecule has 0 radical (unpaired) electrons. The molecule has 1 aliphatic heterocycles. The Morgan fingerprint density at radius 1 is 1.46 bits per heavy atom. The number of nitrogens with zero attached hydrogens (tertiary/aromatic N) is 3. The summed E-state index contributed by atoms with van der Waals surface area (Å²) < 4.78 is 37.5. The summed E-state index contributed by atoms with van der Waals surface area (Å²) >= 11 is 1.01. The van der Waals surface area contributed by atoms with E-state index in [9.17, 15) is 18.3 Å². The van der Waals surface area contributed by atoms with Crippen LogP contribution in [0.4, 0.5) is 13.2 Å². The van der Waals surface area contributed by atoms with Gasteiger partial charge in [0.15, 0.2) is 11.7 Å². The molecule has 0 atom stereocenters. The van der Waals surface area contributed by atoms with E-state index in [1.54, 1.807) is 0 Å². The molecule has 10 heteroatoms. The van der Waals surface area contributed by atoms with Gasteiger partial charge in [0.2, 0.25) is 0 Å². The van der Waals surface area contributed by atoms with E-state index in [1.165, 1.54) is 0 Å². The minimum Gasteiger partial charge on any atom is -0.393 e. The quantitative estimate of drug-likeness (QED) is 0.397. The number of hydrogen-bond acceptors (Lipinski definition) is 4. The molecule has 0 unspecified atom stereocenters. The number of aromatic nitrogens is 1. The number of likely N-dealkylation sites (tertiary alicyclic amines) is 1. The maximum absolute atomic E-state index is 12.5. The lowest BCUT2D eigenvalue weighted by Gasteiger charge is -2.32. The Balaban J connectivity index is 0.00000288. The normalized spacial score (nSPS) is 16.9. The van der Waals surface area contributed by atoms with Crippen molar-refractivity contribution in [2.45, 2.75) is 38.5 Å². The topological polar surface area (TPSA) is 60.8 Å². The SMILES string of the molecule is CCNC(=NCCc1nc(C(F)(F)F)cs1)N1CCC(O)CC1.I. The molecule has 0 amide bonds. The Hall–Kier alpha value is -0.620. The first-order valence-corrected chi connectivity index (χ1v) is 8.51. The van der Waals surface area contributed by atoms with Gasteiger partial charge in [-0.15, -0.1) is 35.3 Å². The first kappa shape index (κ1) is 21.4. The minimum atomic E-state index is -4.39. The molecule has 138 valence electrons. The van der Waals surface area contributed by atoms with Gasteiger partial charge in [-0.2, -0.15) is 13.2 Å². The second kappa shape index (κ2) is 9.76. The monoisotopic (exact) mass is 478 g/mol. The van der Waals surface area contributed by atoms with Gasteiger partial charge in [0, 0.05) is 38.0 Å². The molecule has 0 aliphatic carbocycles. The van der Waals surface area contributed by atoms with Crippen molar-refractivity contribution in [3.05, 3.63) is 16.1 Å². The van der Waals surface area contributed by atoms with E-state index >= 15 is 0 Å². The van der Waals surface area contributed by atoms with Crippen LogP contribution in [0.1, 0.15) is 30.5 Å². The smallest absolute Gasteiger partial charge is 0.393 e. The van der Waals surface area contributed by atoms with Gasteiger partial charge >= 0.3 is 6.18 Å². The summed E-state index contributed by atoms with van der Waals surface area (Å²) in [6.45, 7) is 4.51. The van der Waals surface area contributed by atoms with Crippen molar-refractivity contribution in [3.8, 4) is 0 Å². The van der Waals surface area contributed by atoms with Crippen LogP contribution in [0.25, 0.3) is 0 Å². The van der Waals surface area contributed by atoms with Crippen LogP contribution >= 0.6 is 35.3 Å². The van der Waals surface area contributed by atoms with E-state index in [4.69, 9.17) is 0 Å². The number of guanidine groups is 1. The second-order valence-corrected chi connectivity index (χ2v) is 6.27. The predicted molar refractivity (Wildman–Crippen MR) is 99.0 cm³/mol. The van der Waals surface area contributed by atoms with E-state index in [2.05, 4.69) is 20.2 Å². The van der Waals surface area contributed by atoms with Crippen molar-refractivity contribution < 1.29 is 18.3 Å². The molecule has 1 saturated heterocycles. The van der Waals surface area contributed by atoms with E-state index in [0.29, 0.717) is 37.4 Å². The predicted octanol–water partition coefficient (Wildman–Crippen LogP) is 2.74. The molecule has 0 saturated carbocycles. The Morgan fingerprint density at radius 3 is 2.67 bits per heavy atom. The molecular formula is C14H22F3IN4OS. The minimum absolute atomic E-state index is 0. The molecule has 0 spiro atoms. The fraction of sp³-hybridized carbons (Fsp3) is 0.714. The number of halogens is 4. The molecule has 0 bridgehead atoms. The summed E-state index contributed by atoms with van der Waals surface area (Å²) in [4.78, 5) is 10.1. The maximum Gasteiger partial charge on any atom is 0.434 e. The Bertz CT molecular complexity index is 530. The molecule has 5 nitrogen and oxygen atoms in total. The lowest BCUT2D eigenvalue weighted by molar-refractivity contribution is -0.140. The van der Waals surface area contributed by atoms with E-state index in [1.807, 2.05) is 6.92 Å². The highest BCUT2D eigenvalue weighted by atomic mass is 127. The lowest BCUT2D eigenvalue weighted by Crippen LogP contribution is -2.46. The number of aliphatic hydroxyl groups excluding tert-OH is 1. The van der Waals surface area contributed by atoms with E-state index in [0.717, 1.165) is 35.8 Å². The summed E-state index contributed by atoms with van der Waals surface area (Å²) in [6, 6.07) is 0. The van der Waals surface area contributed by atoms with Crippen LogP contribution in [-0.4, -0.2) is 53.2 Å². The molecule has 0 aromatic carbocycles. The van der Waals surface area contributed by atoms with Crippen LogP contribution in [-0.2, 0) is 12.6 Å². The van der Waals surface area contributed by atoms with Crippen LogP contribution in [0.3, 0.4) is 0 Å². The number of piperidine rings is 1. The van der Waals surface area contributed by atoms with Crippen LogP contribution in [0.5, 0.6) is 0 Å². The van der Waals surface area contributed by atoms with Crippen LogP contribution < -0.4 is 5.32 Å². The number of alkyl halides is 3. The van der Waals surface area contributed by atoms with Crippen LogP contribution in [0, 0.1) is 0 Å². The molecule has 24 heavy (non-hydrogen) atoms. The van der Waals surface area contributed by atoms with Crippen LogP contribution in [0.2, 0.25) is 0 Å². The zero-order chi connectivity index (χ0) is 16.9. The number of aliphatic imine (C=N–C) groups is 1. The zero-order valence-electron chi connectivity index (χ0n) is 13.3. The number of aliphatic hydroxyl groups is 1. The molecule has 2 heterocycles. The Morgan fingerprint density at radius 2 is 2.12 bits per heavy atom. The van der Waals surface area contributed by atoms with Crippen molar-refractivity contribution in [2.75, 3.05) is 26.2 Å². The average Bonchev–Trinajstić information content (AvgIpc) is 2.96. The van der Waals surface area contributed by atoms with E-state index < -0.39 is 11.9 Å². The van der Waals surface area contributed by atoms with Gasteiger partial charge in [-0.25, -0.2) is 4.98 Å². The summed E-state index contributed by atoms with van der Waals surface area (Å²) in [6.07, 6.45) is -2.86. The summed E-state index contributed by atoms with van der Waals surface area (Å²) in [5, 5.41) is 14.2. The molecular weight excluding hydrogens is 456 g/mol. The fourth-order valence-electron chi connectivity index (χ4n) is 2.32. The molecule has 1 aromatic heterocycles. The molecule has 2 N–H and O–H groups in total. The molecule has 2 rings (SSSR count). The third-order valence-electron chi connectivity index (χ3n) is 3.53. The first-order valence-electron chi connectivity index (χ1n) is 7.63.